The number of hydrogen-bond donors (Lipinski definition) is 4. The van der Waals surface area contributed by atoms with Crippen LogP contribution in [0, 0.1) is 0 Å². The van der Waals surface area contributed by atoms with Crippen LogP contribution in [0.3, 0.4) is 0 Å². The maximum atomic E-state index is 13.7. The molecule has 4 amide bonds. The molecule has 0 saturated heterocycles. The molecule has 0 aromatic heterocycles. The third kappa shape index (κ3) is 12.3. The minimum absolute atomic E-state index is 0.0145. The highest BCUT2D eigenvalue weighted by Crippen LogP contribution is 2.34. The Hall–Kier alpha value is -5.74. The smallest absolute Gasteiger partial charge is 0.258 e. The van der Waals surface area contributed by atoms with E-state index in [0.717, 1.165) is 0 Å². The molecular weight excluding hydrogens is 949 g/mol. The molecule has 14 nitrogen and oxygen atoms in total. The summed E-state index contributed by atoms with van der Waals surface area (Å²) >= 11 is 37.4. The van der Waals surface area contributed by atoms with Crippen LogP contribution in [-0.2, 0) is 32.0 Å². The fourth-order valence-electron chi connectivity index (χ4n) is 5.94. The standard InChI is InChI=1S/C44H36Cl6N8O6/c1-5-23-17-27(51-43(63)38(21(3)59)57-55-34-11-7-9-28(36(34)49)41(61)52-32-15-13-25(45)19-30(32)47)18-24(6-2)40(23)54-44(64)39(22(4)60)58-56-35-12-8-10-29(37(35)50)42(62)53-33-16-14-26(46)20-31(33)48/h7-20,38-39H,5-6H2,1-4H3,(H,51,63)(H,52,61)(H,53,62)(H,54,64). The van der Waals surface area contributed by atoms with Crippen LogP contribution in [0.1, 0.15) is 59.5 Å². The van der Waals surface area contributed by atoms with E-state index in [1.807, 2.05) is 13.8 Å². The van der Waals surface area contributed by atoms with Gasteiger partial charge in [-0.1, -0.05) is 95.6 Å². The third-order valence-electron chi connectivity index (χ3n) is 9.21. The van der Waals surface area contributed by atoms with Crippen molar-refractivity contribution >= 4 is 139 Å². The number of anilines is 4. The van der Waals surface area contributed by atoms with Gasteiger partial charge in [-0.2, -0.15) is 20.5 Å². The largest absolute Gasteiger partial charge is 0.324 e. The molecule has 0 aliphatic carbocycles. The number of azo groups is 2. The Morgan fingerprint density at radius 3 is 1.31 bits per heavy atom. The van der Waals surface area contributed by atoms with Crippen LogP contribution < -0.4 is 21.3 Å². The van der Waals surface area contributed by atoms with Crippen molar-refractivity contribution in [3.63, 3.8) is 0 Å². The van der Waals surface area contributed by atoms with Crippen molar-refractivity contribution in [1.29, 1.82) is 0 Å². The summed E-state index contributed by atoms with van der Waals surface area (Å²) in [7, 11) is 0. The van der Waals surface area contributed by atoms with E-state index >= 15 is 0 Å². The van der Waals surface area contributed by atoms with Crippen molar-refractivity contribution in [2.75, 3.05) is 21.3 Å². The zero-order valence-electron chi connectivity index (χ0n) is 34.2. The van der Waals surface area contributed by atoms with Crippen LogP contribution >= 0.6 is 69.6 Å². The lowest BCUT2D eigenvalue weighted by Crippen LogP contribution is -2.33. The molecule has 0 aliphatic heterocycles. The summed E-state index contributed by atoms with van der Waals surface area (Å²) in [4.78, 5) is 78.8. The highest BCUT2D eigenvalue weighted by atomic mass is 35.5. The molecule has 5 rings (SSSR count). The second-order valence-electron chi connectivity index (χ2n) is 13.7. The van der Waals surface area contributed by atoms with E-state index in [1.165, 1.54) is 74.5 Å². The summed E-state index contributed by atoms with van der Waals surface area (Å²) in [6, 6.07) is 17.9. The van der Waals surface area contributed by atoms with Crippen LogP contribution in [-0.4, -0.2) is 47.3 Å². The number of hydrogen-bond acceptors (Lipinski definition) is 10. The van der Waals surface area contributed by atoms with Crippen molar-refractivity contribution in [3.8, 4) is 0 Å². The van der Waals surface area contributed by atoms with Gasteiger partial charge in [0.15, 0.2) is 11.6 Å². The van der Waals surface area contributed by atoms with Gasteiger partial charge >= 0.3 is 0 Å². The Bertz CT molecular complexity index is 2720. The molecule has 0 saturated carbocycles. The molecule has 2 unspecified atom stereocenters. The first-order valence-electron chi connectivity index (χ1n) is 19.1. The van der Waals surface area contributed by atoms with Crippen LogP contribution in [0.25, 0.3) is 0 Å². The van der Waals surface area contributed by atoms with Crippen LogP contribution in [0.4, 0.5) is 34.1 Å². The number of ketones is 2. The van der Waals surface area contributed by atoms with Crippen LogP contribution in [0.5, 0.6) is 0 Å². The van der Waals surface area contributed by atoms with Gasteiger partial charge < -0.3 is 21.3 Å². The number of rotatable bonds is 16. The first-order chi connectivity index (χ1) is 30.4. The third-order valence-corrected chi connectivity index (χ3v) is 11.1. The number of Topliss-reactive ketones (excluding diaryl/α,β-unsaturated/α-hetero) is 2. The average molecular weight is 986 g/mol. The summed E-state index contributed by atoms with van der Waals surface area (Å²) in [5.41, 5.74) is 2.48. The monoisotopic (exact) mass is 982 g/mol. The zero-order valence-corrected chi connectivity index (χ0v) is 38.7. The maximum absolute atomic E-state index is 13.7. The molecule has 0 aliphatic rings. The molecule has 2 atom stereocenters. The second kappa shape index (κ2) is 22.2. The average Bonchev–Trinajstić information content (AvgIpc) is 3.24. The lowest BCUT2D eigenvalue weighted by Gasteiger charge is -2.19. The highest BCUT2D eigenvalue weighted by molar-refractivity contribution is 6.39. The van der Waals surface area contributed by atoms with E-state index in [1.54, 1.807) is 24.3 Å². The number of amides is 4. The number of carbonyl (C=O) groups is 6. The van der Waals surface area contributed by atoms with Gasteiger partial charge in [0.1, 0.15) is 11.4 Å². The van der Waals surface area contributed by atoms with Gasteiger partial charge in [0.05, 0.1) is 42.6 Å². The molecule has 64 heavy (non-hydrogen) atoms. The molecule has 0 bridgehead atoms. The van der Waals surface area contributed by atoms with Crippen LogP contribution in [0.2, 0.25) is 30.1 Å². The van der Waals surface area contributed by atoms with Crippen molar-refractivity contribution in [1.82, 2.24) is 0 Å². The SMILES string of the molecule is CCc1cc(NC(=O)C(N=Nc2cccc(C(=O)Nc3ccc(Cl)cc3Cl)c2Cl)C(C)=O)cc(CC)c1NC(=O)C(N=Nc1cccc(C(=O)Nc2ccc(Cl)cc2Cl)c1Cl)C(C)=O. The van der Waals surface area contributed by atoms with E-state index in [0.29, 0.717) is 51.1 Å². The van der Waals surface area contributed by atoms with E-state index in [2.05, 4.69) is 41.7 Å². The minimum atomic E-state index is -1.61. The predicted octanol–water partition coefficient (Wildman–Crippen LogP) is 12.6. The summed E-state index contributed by atoms with van der Waals surface area (Å²) in [6.45, 7) is 5.98. The topological polar surface area (TPSA) is 200 Å². The number of carbonyl (C=O) groups excluding carboxylic acids is 6. The number of nitrogens with zero attached hydrogens (tertiary/aromatic N) is 4. The first kappa shape index (κ1) is 49.3. The molecule has 0 radical (unpaired) electrons. The molecule has 5 aromatic carbocycles. The number of aryl methyl sites for hydroxylation is 2. The highest BCUT2D eigenvalue weighted by Gasteiger charge is 2.27. The summed E-state index contributed by atoms with van der Waals surface area (Å²) in [6.07, 6.45) is 0.736. The molecular formula is C44H36Cl6N8O6. The molecule has 4 N–H and O–H groups in total. The van der Waals surface area contributed by atoms with Gasteiger partial charge in [0.2, 0.25) is 12.1 Å². The predicted molar refractivity (Wildman–Crippen MR) is 252 cm³/mol. The van der Waals surface area contributed by atoms with Gasteiger partial charge in [0, 0.05) is 21.4 Å². The zero-order chi connectivity index (χ0) is 46.8. The van der Waals surface area contributed by atoms with Gasteiger partial charge in [-0.25, -0.2) is 0 Å². The van der Waals surface area contributed by atoms with Crippen molar-refractivity contribution < 1.29 is 28.8 Å². The van der Waals surface area contributed by atoms with Gasteiger partial charge in [-0.3, -0.25) is 28.8 Å². The lowest BCUT2D eigenvalue weighted by molar-refractivity contribution is -0.127. The van der Waals surface area contributed by atoms with E-state index in [4.69, 9.17) is 69.6 Å². The molecule has 330 valence electrons. The molecule has 0 fully saturated rings. The number of halogens is 6. The van der Waals surface area contributed by atoms with Crippen molar-refractivity contribution in [2.24, 2.45) is 20.5 Å². The summed E-state index contributed by atoms with van der Waals surface area (Å²) < 4.78 is 0. The second-order valence-corrected chi connectivity index (χ2v) is 16.2. The Morgan fingerprint density at radius 2 is 0.938 bits per heavy atom. The van der Waals surface area contributed by atoms with E-state index in [9.17, 15) is 28.8 Å². The fraction of sp³-hybridized carbons (Fsp3) is 0.182. The lowest BCUT2D eigenvalue weighted by atomic mass is 10.0. The summed E-state index contributed by atoms with van der Waals surface area (Å²) in [5, 5.41) is 27.9. The molecule has 5 aromatic rings. The normalized spacial score (nSPS) is 12.2. The van der Waals surface area contributed by atoms with Gasteiger partial charge in [-0.05, 0) is 111 Å². The number of nitrogens with one attached hydrogen (secondary N) is 4. The van der Waals surface area contributed by atoms with Gasteiger partial charge in [0.25, 0.3) is 23.6 Å². The Balaban J connectivity index is 1.31. The van der Waals surface area contributed by atoms with E-state index < -0.39 is 47.3 Å². The number of benzene rings is 5. The minimum Gasteiger partial charge on any atom is -0.324 e. The summed E-state index contributed by atoms with van der Waals surface area (Å²) in [5.74, 6) is -4.10. The Kier molecular flexibility index (Phi) is 17.1. The fourth-order valence-corrected chi connectivity index (χ4v) is 7.35. The Labute approximate surface area is 397 Å². The van der Waals surface area contributed by atoms with Gasteiger partial charge in [-0.15, -0.1) is 0 Å². The van der Waals surface area contributed by atoms with E-state index in [-0.39, 0.29) is 48.3 Å². The first-order valence-corrected chi connectivity index (χ1v) is 21.4. The molecule has 0 heterocycles. The van der Waals surface area contributed by atoms with Crippen molar-refractivity contribution in [3.05, 3.63) is 137 Å². The molecule has 20 heteroatoms. The van der Waals surface area contributed by atoms with Crippen molar-refractivity contribution in [2.45, 2.75) is 52.6 Å². The van der Waals surface area contributed by atoms with Crippen LogP contribution in [0.15, 0.2) is 105 Å². The molecule has 0 spiro atoms. The quantitative estimate of drug-likeness (QED) is 0.0560. The Morgan fingerprint density at radius 1 is 0.531 bits per heavy atom. The maximum Gasteiger partial charge on any atom is 0.258 e.